The van der Waals surface area contributed by atoms with Crippen LogP contribution in [0.4, 0.5) is 32.0 Å². The van der Waals surface area contributed by atoms with E-state index in [1.807, 2.05) is 20.8 Å². The predicted octanol–water partition coefficient (Wildman–Crippen LogP) is 11.6. The maximum absolute atomic E-state index is 13.9. The van der Waals surface area contributed by atoms with Crippen LogP contribution in [0.2, 0.25) is 0 Å². The molecule has 0 saturated heterocycles. The van der Waals surface area contributed by atoms with Gasteiger partial charge in [0.05, 0.1) is 37.3 Å². The Morgan fingerprint density at radius 3 is 1.62 bits per heavy atom. The van der Waals surface area contributed by atoms with Crippen molar-refractivity contribution in [1.82, 2.24) is 9.80 Å². The molecule has 3 aliphatic rings. The van der Waals surface area contributed by atoms with E-state index in [0.29, 0.717) is 16.9 Å². The van der Waals surface area contributed by atoms with E-state index in [2.05, 4.69) is 0 Å². The number of nitro benzene ring substituents is 1. The third kappa shape index (κ3) is 13.6. The molecule has 2 saturated carbocycles. The smallest absolute Gasteiger partial charge is 0.333 e. The summed E-state index contributed by atoms with van der Waals surface area (Å²) in [6.07, 6.45) is 0.601. The summed E-state index contributed by atoms with van der Waals surface area (Å²) in [7, 11) is 0. The fourth-order valence-electron chi connectivity index (χ4n) is 8.03. The molecular formula is C43H55F6N3O7S2. The van der Waals surface area contributed by atoms with Crippen molar-refractivity contribution in [1.29, 1.82) is 0 Å². The Balaban J connectivity index is 0.000000306. The van der Waals surface area contributed by atoms with Gasteiger partial charge < -0.3 is 9.80 Å². The fourth-order valence-corrected chi connectivity index (χ4v) is 10.1. The Morgan fingerprint density at radius 1 is 0.803 bits per heavy atom. The van der Waals surface area contributed by atoms with Gasteiger partial charge in [0.1, 0.15) is 5.78 Å². The molecule has 0 aromatic heterocycles. The molecule has 2 aliphatic carbocycles. The number of alkyl halides is 6. The number of fused-ring (bicyclic) bond motifs is 1. The lowest BCUT2D eigenvalue weighted by atomic mass is 9.91. The van der Waals surface area contributed by atoms with Crippen molar-refractivity contribution in [3.8, 4) is 0 Å². The van der Waals surface area contributed by atoms with Crippen LogP contribution in [0.1, 0.15) is 157 Å². The van der Waals surface area contributed by atoms with Gasteiger partial charge in [0.15, 0.2) is 0 Å². The van der Waals surface area contributed by atoms with Crippen molar-refractivity contribution < 1.29 is 55.2 Å². The molecule has 2 atom stereocenters. The average Bonchev–Trinajstić information content (AvgIpc) is 3.18. The van der Waals surface area contributed by atoms with Gasteiger partial charge in [-0.15, -0.1) is 23.5 Å². The minimum Gasteiger partial charge on any atom is -0.333 e. The first-order valence-corrected chi connectivity index (χ1v) is 22.4. The minimum atomic E-state index is -4.79. The normalized spacial score (nSPS) is 17.9. The third-order valence-electron chi connectivity index (χ3n) is 11.1. The molecule has 2 fully saturated rings. The van der Waals surface area contributed by atoms with Crippen LogP contribution < -0.4 is 0 Å². The summed E-state index contributed by atoms with van der Waals surface area (Å²) in [6, 6.07) is 3.30. The van der Waals surface area contributed by atoms with Crippen LogP contribution in [0.5, 0.6) is 0 Å². The molecule has 2 unspecified atom stereocenters. The average molecular weight is 904 g/mol. The van der Waals surface area contributed by atoms with Gasteiger partial charge in [0.2, 0.25) is 0 Å². The number of nitro groups is 1. The first-order valence-electron chi connectivity index (χ1n) is 20.6. The molecule has 2 aromatic rings. The van der Waals surface area contributed by atoms with E-state index in [4.69, 9.17) is 9.59 Å². The second-order valence-electron chi connectivity index (χ2n) is 16.1. The minimum absolute atomic E-state index is 0.0244. The number of rotatable bonds is 10. The zero-order valence-electron chi connectivity index (χ0n) is 35.5. The van der Waals surface area contributed by atoms with Crippen LogP contribution in [0, 0.1) is 10.1 Å². The van der Waals surface area contributed by atoms with Crippen LogP contribution >= 0.6 is 23.5 Å². The van der Waals surface area contributed by atoms with E-state index < -0.39 is 51.5 Å². The summed E-state index contributed by atoms with van der Waals surface area (Å²) < 4.78 is 83.1. The number of Topliss-reactive ketones (excluding diaryl/α,β-unsaturated/α-hetero) is 1. The molecule has 0 bridgehead atoms. The van der Waals surface area contributed by atoms with Gasteiger partial charge in [-0.05, 0) is 90.5 Å². The molecule has 2 aromatic carbocycles. The molecule has 61 heavy (non-hydrogen) atoms. The van der Waals surface area contributed by atoms with Gasteiger partial charge >= 0.3 is 18.5 Å². The van der Waals surface area contributed by atoms with E-state index in [9.17, 15) is 50.8 Å². The van der Waals surface area contributed by atoms with E-state index in [0.717, 1.165) is 106 Å². The lowest BCUT2D eigenvalue weighted by Gasteiger charge is -2.38. The standard InChI is InChI=1S/C21H29F3N2O3S.C21H26F3NO2S.CO2/c1-5-14(4)30-19-12-17(21(22,23)24)16(11-18(19)26(28)29)20(27)25(13(2)3)15-9-7-6-8-10-15;1-12(2)25(15-7-5-4-6-8-15)20(27)16-9-14-10-18(26)13(3)28-19(14)11-17(16)21(22,23)24;2-1-3/h11-15H,5-10H2,1-4H3;9,11-13,15H,4-8,10H2,1-3H3;. The first-order chi connectivity index (χ1) is 28.5. The Labute approximate surface area is 361 Å². The lowest BCUT2D eigenvalue weighted by molar-refractivity contribution is -0.387. The Morgan fingerprint density at radius 2 is 1.23 bits per heavy atom. The number of carbonyl (C=O) groups excluding carboxylic acids is 5. The lowest BCUT2D eigenvalue weighted by Crippen LogP contribution is -2.46. The number of amides is 2. The molecule has 2 amide bonds. The van der Waals surface area contributed by atoms with Crippen molar-refractivity contribution in [2.75, 3.05) is 0 Å². The first kappa shape index (κ1) is 51.5. The van der Waals surface area contributed by atoms with Gasteiger partial charge in [0.25, 0.3) is 17.5 Å². The number of thioether (sulfide) groups is 2. The van der Waals surface area contributed by atoms with E-state index >= 15 is 0 Å². The van der Waals surface area contributed by atoms with Crippen LogP contribution in [0.15, 0.2) is 34.1 Å². The molecule has 10 nitrogen and oxygen atoms in total. The van der Waals surface area contributed by atoms with Crippen molar-refractivity contribution in [2.45, 2.75) is 182 Å². The molecular weight excluding hydrogens is 849 g/mol. The number of carbonyl (C=O) groups is 3. The highest BCUT2D eigenvalue weighted by molar-refractivity contribution is 8.00. The van der Waals surface area contributed by atoms with E-state index in [1.54, 1.807) is 32.6 Å². The monoisotopic (exact) mass is 903 g/mol. The maximum atomic E-state index is 13.9. The summed E-state index contributed by atoms with van der Waals surface area (Å²) >= 11 is 2.16. The molecule has 0 N–H and O–H groups in total. The van der Waals surface area contributed by atoms with E-state index in [1.165, 1.54) is 11.0 Å². The van der Waals surface area contributed by atoms with Crippen molar-refractivity contribution >= 4 is 53.0 Å². The van der Waals surface area contributed by atoms with Gasteiger partial charge in [-0.3, -0.25) is 24.5 Å². The number of hydrogen-bond acceptors (Lipinski definition) is 9. The largest absolute Gasteiger partial charge is 0.417 e. The van der Waals surface area contributed by atoms with Crippen molar-refractivity contribution in [2.24, 2.45) is 0 Å². The van der Waals surface area contributed by atoms with Crippen LogP contribution in [-0.4, -0.2) is 73.1 Å². The molecule has 0 radical (unpaired) electrons. The zero-order chi connectivity index (χ0) is 46.0. The topological polar surface area (TPSA) is 135 Å². The highest BCUT2D eigenvalue weighted by atomic mass is 32.2. The van der Waals surface area contributed by atoms with Gasteiger partial charge in [-0.25, -0.2) is 0 Å². The fraction of sp³-hybridized carbons (Fsp3) is 0.628. The number of hydrogen-bond donors (Lipinski definition) is 0. The number of benzene rings is 2. The summed E-state index contributed by atoms with van der Waals surface area (Å²) in [6.45, 7) is 12.6. The number of nitrogens with zero attached hydrogens (tertiary/aromatic N) is 3. The maximum Gasteiger partial charge on any atom is 0.417 e. The third-order valence-corrected chi connectivity index (χ3v) is 13.7. The highest BCUT2D eigenvalue weighted by Gasteiger charge is 2.42. The van der Waals surface area contributed by atoms with Gasteiger partial charge in [0, 0.05) is 46.8 Å². The quantitative estimate of drug-likeness (QED) is 0.0988. The molecule has 1 heterocycles. The van der Waals surface area contributed by atoms with Crippen molar-refractivity contribution in [3.05, 3.63) is 62.2 Å². The molecule has 338 valence electrons. The summed E-state index contributed by atoms with van der Waals surface area (Å²) in [5.74, 6) is -1.39. The van der Waals surface area contributed by atoms with Gasteiger partial charge in [-0.2, -0.15) is 35.9 Å². The summed E-state index contributed by atoms with van der Waals surface area (Å²) in [4.78, 5) is 69.4. The van der Waals surface area contributed by atoms with Crippen LogP contribution in [0.3, 0.4) is 0 Å². The number of ketones is 1. The predicted molar refractivity (Wildman–Crippen MR) is 221 cm³/mol. The summed E-state index contributed by atoms with van der Waals surface area (Å²) in [5, 5.41) is 11.2. The Kier molecular flexibility index (Phi) is 18.9. The van der Waals surface area contributed by atoms with E-state index in [-0.39, 0.29) is 63.5 Å². The highest BCUT2D eigenvalue weighted by Crippen LogP contribution is 2.43. The Bertz CT molecular complexity index is 1910. The zero-order valence-corrected chi connectivity index (χ0v) is 37.2. The van der Waals surface area contributed by atoms with Crippen molar-refractivity contribution in [3.63, 3.8) is 0 Å². The number of halogens is 6. The molecule has 18 heteroatoms. The molecule has 0 spiro atoms. The second-order valence-corrected chi connectivity index (χ2v) is 19.0. The summed E-state index contributed by atoms with van der Waals surface area (Å²) in [5.41, 5.74) is -2.90. The van der Waals surface area contributed by atoms with Crippen LogP contribution in [0.25, 0.3) is 0 Å². The second kappa shape index (κ2) is 22.5. The van der Waals surface area contributed by atoms with Crippen LogP contribution in [-0.2, 0) is 33.2 Å². The molecule has 5 rings (SSSR count). The Hall–Kier alpha value is -3.89. The SMILES string of the molecule is CC1Sc2cc(C(F)(F)F)c(C(=O)N(C(C)C)C3CCCCC3)cc2CC1=O.CCC(C)Sc1cc(C(F)(F)F)c(C(=O)N(C(C)C)C2CCCCC2)cc1[N+](=O)[O-].O=C=O. The van der Waals surface area contributed by atoms with Gasteiger partial charge in [-0.1, -0.05) is 52.4 Å². The molecule has 1 aliphatic heterocycles.